The fraction of sp³-hybridized carbons (Fsp3) is 0.600. The maximum Gasteiger partial charge on any atom is 0.422 e. The Morgan fingerprint density at radius 2 is 2.09 bits per heavy atom. The first-order chi connectivity index (χ1) is 10.3. The first-order valence-electron chi connectivity index (χ1n) is 7.31. The minimum atomic E-state index is -4.41. The van der Waals surface area contributed by atoms with Crippen LogP contribution in [-0.2, 0) is 0 Å². The van der Waals surface area contributed by atoms with Gasteiger partial charge in [-0.2, -0.15) is 13.2 Å². The molecule has 4 nitrogen and oxygen atoms in total. The Labute approximate surface area is 127 Å². The molecule has 2 rings (SSSR count). The number of carbonyl (C=O) groups excluding carboxylic acids is 1. The minimum Gasteiger partial charge on any atom is -0.468 e. The second kappa shape index (κ2) is 6.98. The molecule has 7 heteroatoms. The summed E-state index contributed by atoms with van der Waals surface area (Å²) in [6.07, 6.45) is 1.14. The lowest BCUT2D eigenvalue weighted by Crippen LogP contribution is -2.41. The Kier molecular flexibility index (Phi) is 5.26. The van der Waals surface area contributed by atoms with Crippen LogP contribution in [0, 0.1) is 5.92 Å². The van der Waals surface area contributed by atoms with Gasteiger partial charge in [0.25, 0.3) is 5.91 Å². The van der Waals surface area contributed by atoms with Crippen molar-refractivity contribution in [3.8, 4) is 5.88 Å². The van der Waals surface area contributed by atoms with Gasteiger partial charge < -0.3 is 10.1 Å². The van der Waals surface area contributed by atoms with E-state index in [0.29, 0.717) is 11.5 Å². The predicted octanol–water partition coefficient (Wildman–Crippen LogP) is 3.33. The van der Waals surface area contributed by atoms with Crippen LogP contribution >= 0.6 is 0 Å². The Morgan fingerprint density at radius 3 is 2.68 bits per heavy atom. The third kappa shape index (κ3) is 4.89. The molecule has 22 heavy (non-hydrogen) atoms. The molecule has 1 aromatic rings. The van der Waals surface area contributed by atoms with E-state index < -0.39 is 12.8 Å². The summed E-state index contributed by atoms with van der Waals surface area (Å²) < 4.78 is 40.6. The average Bonchev–Trinajstić information content (AvgIpc) is 2.47. The van der Waals surface area contributed by atoms with Crippen LogP contribution in [-0.4, -0.2) is 29.7 Å². The molecule has 1 fully saturated rings. The quantitative estimate of drug-likeness (QED) is 0.927. The number of rotatable bonds is 4. The predicted molar refractivity (Wildman–Crippen MR) is 74.7 cm³/mol. The van der Waals surface area contributed by atoms with Crippen LogP contribution in [0.1, 0.15) is 43.0 Å². The highest BCUT2D eigenvalue weighted by Gasteiger charge is 2.28. The van der Waals surface area contributed by atoms with E-state index >= 15 is 0 Å². The molecule has 1 N–H and O–H groups in total. The van der Waals surface area contributed by atoms with E-state index in [4.69, 9.17) is 0 Å². The zero-order valence-electron chi connectivity index (χ0n) is 12.3. The number of amides is 1. The fourth-order valence-corrected chi connectivity index (χ4v) is 2.54. The van der Waals surface area contributed by atoms with E-state index in [-0.39, 0.29) is 17.8 Å². The van der Waals surface area contributed by atoms with E-state index in [1.54, 1.807) is 0 Å². The summed E-state index contributed by atoms with van der Waals surface area (Å²) in [5, 5.41) is 2.96. The molecule has 0 radical (unpaired) electrons. The zero-order chi connectivity index (χ0) is 16.2. The van der Waals surface area contributed by atoms with Crippen LogP contribution in [0.15, 0.2) is 18.3 Å². The Balaban J connectivity index is 1.90. The van der Waals surface area contributed by atoms with E-state index in [0.717, 1.165) is 19.3 Å². The fourth-order valence-electron chi connectivity index (χ4n) is 2.54. The molecule has 1 aromatic heterocycles. The molecule has 1 aliphatic rings. The van der Waals surface area contributed by atoms with Crippen molar-refractivity contribution >= 4 is 5.91 Å². The molecule has 0 saturated heterocycles. The van der Waals surface area contributed by atoms with Crippen molar-refractivity contribution in [1.29, 1.82) is 0 Å². The number of hydrogen-bond acceptors (Lipinski definition) is 3. The zero-order valence-corrected chi connectivity index (χ0v) is 12.3. The van der Waals surface area contributed by atoms with Gasteiger partial charge >= 0.3 is 6.18 Å². The SMILES string of the molecule is C[C@H]1CCCC[C@@H]1NC(=O)c1ccc(OCC(F)(F)F)nc1. The van der Waals surface area contributed by atoms with Gasteiger partial charge in [0.15, 0.2) is 6.61 Å². The van der Waals surface area contributed by atoms with Gasteiger partial charge in [-0.25, -0.2) is 4.98 Å². The smallest absolute Gasteiger partial charge is 0.422 e. The molecule has 1 aliphatic carbocycles. The lowest BCUT2D eigenvalue weighted by molar-refractivity contribution is -0.154. The molecule has 0 aromatic carbocycles. The lowest BCUT2D eigenvalue weighted by atomic mass is 9.86. The number of halogens is 3. The molecule has 122 valence electrons. The van der Waals surface area contributed by atoms with Gasteiger partial charge in [-0.3, -0.25) is 4.79 Å². The van der Waals surface area contributed by atoms with Crippen molar-refractivity contribution in [3.05, 3.63) is 23.9 Å². The van der Waals surface area contributed by atoms with Crippen molar-refractivity contribution in [2.75, 3.05) is 6.61 Å². The van der Waals surface area contributed by atoms with Crippen LogP contribution in [0.25, 0.3) is 0 Å². The summed E-state index contributed by atoms with van der Waals surface area (Å²) >= 11 is 0. The third-order valence-corrected chi connectivity index (χ3v) is 3.81. The number of alkyl halides is 3. The molecule has 1 amide bonds. The standard InChI is InChI=1S/C15H19F3N2O2/c1-10-4-2-3-5-12(10)20-14(21)11-6-7-13(19-8-11)22-9-15(16,17)18/h6-8,10,12H,2-5,9H2,1H3,(H,20,21)/t10-,12-/m0/s1. The van der Waals surface area contributed by atoms with Crippen molar-refractivity contribution in [2.45, 2.75) is 44.8 Å². The summed E-state index contributed by atoms with van der Waals surface area (Å²) in [7, 11) is 0. The van der Waals surface area contributed by atoms with Gasteiger partial charge in [0, 0.05) is 18.3 Å². The van der Waals surface area contributed by atoms with E-state index in [2.05, 4.69) is 22.0 Å². The molecule has 0 unspecified atom stereocenters. The van der Waals surface area contributed by atoms with Gasteiger partial charge in [0.1, 0.15) is 0 Å². The Bertz CT molecular complexity index is 503. The van der Waals surface area contributed by atoms with Gasteiger partial charge in [-0.05, 0) is 24.8 Å². The summed E-state index contributed by atoms with van der Waals surface area (Å²) in [4.78, 5) is 15.8. The van der Waals surface area contributed by atoms with Crippen LogP contribution in [0.3, 0.4) is 0 Å². The number of pyridine rings is 1. The highest BCUT2D eigenvalue weighted by atomic mass is 19.4. The molecule has 1 heterocycles. The van der Waals surface area contributed by atoms with Crippen LogP contribution in [0.2, 0.25) is 0 Å². The van der Waals surface area contributed by atoms with Crippen molar-refractivity contribution < 1.29 is 22.7 Å². The van der Waals surface area contributed by atoms with Crippen LogP contribution < -0.4 is 10.1 Å². The van der Waals surface area contributed by atoms with E-state index in [1.807, 2.05) is 0 Å². The van der Waals surface area contributed by atoms with Gasteiger partial charge in [-0.1, -0.05) is 19.8 Å². The monoisotopic (exact) mass is 316 g/mol. The summed E-state index contributed by atoms with van der Waals surface area (Å²) in [6, 6.07) is 2.83. The molecule has 2 atom stereocenters. The molecular weight excluding hydrogens is 297 g/mol. The molecule has 0 aliphatic heterocycles. The lowest BCUT2D eigenvalue weighted by Gasteiger charge is -2.29. The number of nitrogens with one attached hydrogen (secondary N) is 1. The second-order valence-corrected chi connectivity index (χ2v) is 5.63. The van der Waals surface area contributed by atoms with Crippen LogP contribution in [0.5, 0.6) is 5.88 Å². The van der Waals surface area contributed by atoms with Crippen molar-refractivity contribution in [3.63, 3.8) is 0 Å². The third-order valence-electron chi connectivity index (χ3n) is 3.81. The molecular formula is C15H19F3N2O2. The topological polar surface area (TPSA) is 51.2 Å². The number of carbonyl (C=O) groups is 1. The van der Waals surface area contributed by atoms with Crippen LogP contribution in [0.4, 0.5) is 13.2 Å². The summed E-state index contributed by atoms with van der Waals surface area (Å²) in [5.41, 5.74) is 0.317. The van der Waals surface area contributed by atoms with Gasteiger partial charge in [0.05, 0.1) is 5.56 Å². The highest BCUT2D eigenvalue weighted by Crippen LogP contribution is 2.24. The Morgan fingerprint density at radius 1 is 1.36 bits per heavy atom. The number of hydrogen-bond donors (Lipinski definition) is 1. The largest absolute Gasteiger partial charge is 0.468 e. The number of ether oxygens (including phenoxy) is 1. The molecule has 1 saturated carbocycles. The van der Waals surface area contributed by atoms with Gasteiger partial charge in [-0.15, -0.1) is 0 Å². The maximum absolute atomic E-state index is 12.1. The highest BCUT2D eigenvalue weighted by molar-refractivity contribution is 5.94. The normalized spacial score (nSPS) is 22.2. The first-order valence-corrected chi connectivity index (χ1v) is 7.31. The number of nitrogens with zero attached hydrogens (tertiary/aromatic N) is 1. The Hall–Kier alpha value is -1.79. The van der Waals surface area contributed by atoms with Gasteiger partial charge in [0.2, 0.25) is 5.88 Å². The summed E-state index contributed by atoms with van der Waals surface area (Å²) in [6.45, 7) is 0.710. The first kappa shape index (κ1) is 16.6. The van der Waals surface area contributed by atoms with Crippen molar-refractivity contribution in [2.24, 2.45) is 5.92 Å². The number of aromatic nitrogens is 1. The molecule has 0 bridgehead atoms. The average molecular weight is 316 g/mol. The van der Waals surface area contributed by atoms with E-state index in [1.165, 1.54) is 24.8 Å². The minimum absolute atomic E-state index is 0.141. The van der Waals surface area contributed by atoms with E-state index in [9.17, 15) is 18.0 Å². The summed E-state index contributed by atoms with van der Waals surface area (Å²) in [5.74, 6) is 0.0218. The molecule has 0 spiro atoms. The van der Waals surface area contributed by atoms with Crippen molar-refractivity contribution in [1.82, 2.24) is 10.3 Å². The maximum atomic E-state index is 12.1. The second-order valence-electron chi connectivity index (χ2n) is 5.63.